The number of ketones is 4. The van der Waals surface area contributed by atoms with Crippen molar-refractivity contribution in [1.29, 1.82) is 0 Å². The number of Topliss-reactive ketones (excluding diaryl/α,β-unsaturated/α-hetero) is 4. The van der Waals surface area contributed by atoms with Crippen LogP contribution < -0.4 is 26.6 Å². The Morgan fingerprint density at radius 1 is 0.377 bits per heavy atom. The van der Waals surface area contributed by atoms with Crippen molar-refractivity contribution in [2.24, 2.45) is 11.8 Å². The van der Waals surface area contributed by atoms with Crippen LogP contribution >= 0.6 is 0 Å². The van der Waals surface area contributed by atoms with Gasteiger partial charge in [-0.05, 0) is 116 Å². The van der Waals surface area contributed by atoms with Crippen molar-refractivity contribution >= 4 is 52.7 Å². The van der Waals surface area contributed by atoms with Gasteiger partial charge in [-0.25, -0.2) is 0 Å². The summed E-state index contributed by atoms with van der Waals surface area (Å²) < 4.78 is 39.3. The van der Waals surface area contributed by atoms with Crippen LogP contribution in [-0.2, 0) is 76.3 Å². The molecule has 3 rings (SSSR count). The molecule has 5 amide bonds. The van der Waals surface area contributed by atoms with E-state index in [4.69, 9.17) is 33.2 Å². The molecule has 0 saturated carbocycles. The summed E-state index contributed by atoms with van der Waals surface area (Å²) in [7, 11) is 1.68. The van der Waals surface area contributed by atoms with Gasteiger partial charge in [-0.15, -0.1) is 0 Å². The minimum Gasteiger partial charge on any atom is -0.394 e. The summed E-state index contributed by atoms with van der Waals surface area (Å²) in [4.78, 5) is 120. The fourth-order valence-corrected chi connectivity index (χ4v) is 13.0. The number of nitrogens with zero attached hydrogens (tertiary/aromatic N) is 1. The summed E-state index contributed by atoms with van der Waals surface area (Å²) in [5, 5.41) is 105. The van der Waals surface area contributed by atoms with E-state index in [-0.39, 0.29) is 131 Å². The smallest absolute Gasteiger partial charge is 0.220 e. The molecule has 31 nitrogen and oxygen atoms in total. The van der Waals surface area contributed by atoms with Crippen LogP contribution in [0.4, 0.5) is 0 Å². The molecule has 31 heteroatoms. The molecular formula is C75H134N6O25. The zero-order valence-corrected chi connectivity index (χ0v) is 63.8. The molecule has 3 aliphatic rings. The summed E-state index contributed by atoms with van der Waals surface area (Å²) in [6.45, 7) is 5.40. The molecule has 0 spiro atoms. The van der Waals surface area contributed by atoms with Gasteiger partial charge in [0.2, 0.25) is 29.5 Å². The van der Waals surface area contributed by atoms with Gasteiger partial charge in [0.15, 0.2) is 18.9 Å². The number of hydrogen-bond donors (Lipinski definition) is 14. The Kier molecular flexibility index (Phi) is 51.8. The van der Waals surface area contributed by atoms with Crippen LogP contribution in [0.2, 0.25) is 0 Å². The second-order valence-corrected chi connectivity index (χ2v) is 28.7. The molecule has 3 aliphatic heterocycles. The number of carbonyl (C=O) groups excluding carboxylic acids is 9. The zero-order valence-electron chi connectivity index (χ0n) is 63.8. The van der Waals surface area contributed by atoms with Gasteiger partial charge in [0.05, 0.1) is 51.2 Å². The molecular weight excluding hydrogens is 1380 g/mol. The molecule has 614 valence electrons. The summed E-state index contributed by atoms with van der Waals surface area (Å²) in [5.41, 5.74) is 0. The quantitative estimate of drug-likeness (QED) is 0.0388. The van der Waals surface area contributed by atoms with Crippen LogP contribution in [0.3, 0.4) is 0 Å². The first-order valence-corrected chi connectivity index (χ1v) is 39.3. The van der Waals surface area contributed by atoms with Crippen molar-refractivity contribution in [3.8, 4) is 0 Å². The van der Waals surface area contributed by atoms with Crippen LogP contribution in [0.15, 0.2) is 0 Å². The van der Waals surface area contributed by atoms with Crippen molar-refractivity contribution in [2.45, 2.75) is 319 Å². The predicted molar refractivity (Wildman–Crippen MR) is 389 cm³/mol. The second-order valence-electron chi connectivity index (χ2n) is 28.7. The lowest BCUT2D eigenvalue weighted by Crippen LogP contribution is -2.64. The van der Waals surface area contributed by atoms with E-state index in [1.54, 1.807) is 25.9 Å². The number of carbonyl (C=O) groups is 9. The standard InChI is InChI=1S/C75H134N6O25/c1-51-67(94)69(96)59(48-82)104-73(51)101-43-24-8-12-34-62(90)76-38-19-15-29-55(87)46-81(47-56(88)30-16-20-39-77-63(91)36-14-10-26-45-103-75-66(80-53(3)85)72(99)71(98)61(50-84)106-75)57(32-17-21-40-79-65(93)37-27-31-54(86)28-11-6-5-7-23-42-100-4)58(89)33-18-22-41-78-64(92)35-13-9-25-44-102-74-52(2)68(95)70(97)60(49-83)105-74/h51-52,57,59-61,66-75,82-84,94-99H,5-50H2,1-4H3,(H,76,90)(H,77,91)(H,78,92)(H,79,93)(H,80,85)/t51?,52?,57?,59?,60?,61?,66?,67-,68-,69+,70+,71+,72-,73-,74-,75-/m1/s1. The third-order valence-electron chi connectivity index (χ3n) is 19.7. The van der Waals surface area contributed by atoms with Gasteiger partial charge in [-0.1, -0.05) is 52.4 Å². The van der Waals surface area contributed by atoms with E-state index in [1.165, 1.54) is 6.92 Å². The van der Waals surface area contributed by atoms with E-state index >= 15 is 0 Å². The molecule has 0 bridgehead atoms. The average molecular weight is 1520 g/mol. The van der Waals surface area contributed by atoms with Crippen LogP contribution in [0.25, 0.3) is 0 Å². The molecule has 0 aromatic carbocycles. The molecule has 14 N–H and O–H groups in total. The maximum atomic E-state index is 14.5. The molecule has 16 atom stereocenters. The molecule has 3 saturated heterocycles. The first-order valence-electron chi connectivity index (χ1n) is 39.3. The number of nitrogens with one attached hydrogen (secondary N) is 5. The van der Waals surface area contributed by atoms with Gasteiger partial charge >= 0.3 is 0 Å². The molecule has 3 heterocycles. The first kappa shape index (κ1) is 95.6. The minimum atomic E-state index is -1.44. The fourth-order valence-electron chi connectivity index (χ4n) is 13.0. The molecule has 7 unspecified atom stereocenters. The molecule has 3 fully saturated rings. The van der Waals surface area contributed by atoms with E-state index < -0.39 is 123 Å². The fraction of sp³-hybridized carbons (Fsp3) is 0.880. The van der Waals surface area contributed by atoms with E-state index in [2.05, 4.69) is 26.6 Å². The molecule has 106 heavy (non-hydrogen) atoms. The lowest BCUT2D eigenvalue weighted by molar-refractivity contribution is -0.282. The molecule has 0 aromatic heterocycles. The van der Waals surface area contributed by atoms with Crippen molar-refractivity contribution in [1.82, 2.24) is 31.5 Å². The van der Waals surface area contributed by atoms with E-state index in [9.17, 15) is 89.1 Å². The Morgan fingerprint density at radius 2 is 0.708 bits per heavy atom. The molecule has 0 aliphatic carbocycles. The van der Waals surface area contributed by atoms with Gasteiger partial charge in [0.1, 0.15) is 71.9 Å². The zero-order chi connectivity index (χ0) is 78.0. The van der Waals surface area contributed by atoms with Crippen molar-refractivity contribution < 1.29 is 122 Å². The average Bonchev–Trinajstić information content (AvgIpc) is 0.809. The maximum absolute atomic E-state index is 14.5. The predicted octanol–water partition coefficient (Wildman–Crippen LogP) is 2.06. The van der Waals surface area contributed by atoms with Crippen LogP contribution in [0.5, 0.6) is 0 Å². The number of amides is 5. The monoisotopic (exact) mass is 1520 g/mol. The third-order valence-corrected chi connectivity index (χ3v) is 19.7. The highest BCUT2D eigenvalue weighted by molar-refractivity contribution is 5.88. The lowest BCUT2D eigenvalue weighted by atomic mass is 9.92. The molecule has 0 aromatic rings. The SMILES string of the molecule is COCCCCCCCC(=O)CCCC(=O)NCCCCC(C(=O)CCCCNC(=O)CCCCCO[C@@H]1OC(CO)[C@H](O)[C@H](O)C1C)N(CC(=O)CCCCNC(=O)CCCCCO[C@@H]1OC(CO)[C@H](O)[C@H](O)C1C)CC(=O)CCCCNC(=O)CCCCCO[C@@H]1OC(CO)[C@H](O)[C@H](O)C1NC(C)=O. The highest BCUT2D eigenvalue weighted by Crippen LogP contribution is 2.29. The number of methoxy groups -OCH3 is 1. The molecule has 0 radical (unpaired) electrons. The Balaban J connectivity index is 1.59. The van der Waals surface area contributed by atoms with Crippen LogP contribution in [-0.4, -0.2) is 282 Å². The highest BCUT2D eigenvalue weighted by Gasteiger charge is 2.46. The van der Waals surface area contributed by atoms with Gasteiger partial charge < -0.3 is 106 Å². The number of unbranched alkanes of at least 4 members (excludes halogenated alkanes) is 14. The van der Waals surface area contributed by atoms with Crippen LogP contribution in [0, 0.1) is 11.8 Å². The van der Waals surface area contributed by atoms with E-state index in [0.29, 0.717) is 155 Å². The van der Waals surface area contributed by atoms with Crippen LogP contribution in [0.1, 0.15) is 233 Å². The van der Waals surface area contributed by atoms with Gasteiger partial charge in [0, 0.05) is 136 Å². The minimum absolute atomic E-state index is 0.0955. The first-order chi connectivity index (χ1) is 51.0. The third kappa shape index (κ3) is 39.8. The Bertz CT molecular complexity index is 2470. The van der Waals surface area contributed by atoms with Gasteiger partial charge in [-0.2, -0.15) is 0 Å². The maximum Gasteiger partial charge on any atom is 0.220 e. The number of ether oxygens (including phenoxy) is 7. The Morgan fingerprint density at radius 3 is 1.14 bits per heavy atom. The number of hydrogen-bond acceptors (Lipinski definition) is 26. The van der Waals surface area contributed by atoms with E-state index in [1.807, 2.05) is 0 Å². The number of aliphatic hydroxyl groups is 9. The summed E-state index contributed by atoms with van der Waals surface area (Å²) in [6.07, 6.45) is 3.28. The summed E-state index contributed by atoms with van der Waals surface area (Å²) >= 11 is 0. The van der Waals surface area contributed by atoms with Gasteiger partial charge in [-0.3, -0.25) is 48.1 Å². The largest absolute Gasteiger partial charge is 0.394 e. The second kappa shape index (κ2) is 57.4. The summed E-state index contributed by atoms with van der Waals surface area (Å²) in [6, 6.07) is -1.91. The topological polar surface area (TPSA) is 464 Å². The summed E-state index contributed by atoms with van der Waals surface area (Å²) in [5.74, 6) is -2.64. The van der Waals surface area contributed by atoms with E-state index in [0.717, 1.165) is 38.7 Å². The normalized spacial score (nSPS) is 24.8. The Labute approximate surface area is 627 Å². The van der Waals surface area contributed by atoms with Gasteiger partial charge in [0.25, 0.3) is 0 Å². The number of aliphatic hydroxyl groups excluding tert-OH is 9. The highest BCUT2D eigenvalue weighted by atomic mass is 16.7. The van der Waals surface area contributed by atoms with Crippen molar-refractivity contribution in [2.75, 3.05) is 92.6 Å². The Hall–Kier alpha value is -4.65. The van der Waals surface area contributed by atoms with Crippen molar-refractivity contribution in [3.05, 3.63) is 0 Å². The number of rotatable bonds is 63. The van der Waals surface area contributed by atoms with Crippen molar-refractivity contribution in [3.63, 3.8) is 0 Å². The lowest BCUT2D eigenvalue weighted by Gasteiger charge is -2.42.